The highest BCUT2D eigenvalue weighted by atomic mass is 79.9. The summed E-state index contributed by atoms with van der Waals surface area (Å²) < 4.78 is 40.2. The van der Waals surface area contributed by atoms with Crippen molar-refractivity contribution in [3.63, 3.8) is 0 Å². The number of benzene rings is 1. The molecule has 0 aliphatic carbocycles. The van der Waals surface area contributed by atoms with Gasteiger partial charge in [-0.25, -0.2) is 4.39 Å². The summed E-state index contributed by atoms with van der Waals surface area (Å²) in [7, 11) is 0. The highest BCUT2D eigenvalue weighted by Gasteiger charge is 2.14. The zero-order valence-corrected chi connectivity index (χ0v) is 7.82. The Morgan fingerprint density at radius 1 is 1.38 bits per heavy atom. The molecule has 0 fully saturated rings. The molecule has 1 rings (SSSR count). The second-order valence-corrected chi connectivity index (χ2v) is 2.95. The van der Waals surface area contributed by atoms with E-state index in [9.17, 15) is 13.2 Å². The average Bonchev–Trinajstić information content (AvgIpc) is 2.05. The Bertz CT molecular complexity index is 319. The molecule has 1 aromatic carbocycles. The second-order valence-electron chi connectivity index (χ2n) is 2.16. The third-order valence-corrected chi connectivity index (χ3v) is 2.03. The van der Waals surface area contributed by atoms with Crippen LogP contribution in [0.2, 0.25) is 0 Å². The molecule has 1 aromatic rings. The molecular weight excluding hydrogens is 251 g/mol. The lowest BCUT2D eigenvalue weighted by atomic mass is 10.3. The van der Waals surface area contributed by atoms with Gasteiger partial charge in [-0.3, -0.25) is 0 Å². The number of halogens is 4. The van der Waals surface area contributed by atoms with E-state index < -0.39 is 12.4 Å². The Morgan fingerprint density at radius 2 is 2.00 bits per heavy atom. The van der Waals surface area contributed by atoms with E-state index in [0.29, 0.717) is 0 Å². The highest BCUT2D eigenvalue weighted by Crippen LogP contribution is 2.34. The van der Waals surface area contributed by atoms with Crippen LogP contribution in [0.15, 0.2) is 16.6 Å². The number of hydrogen-bond acceptors (Lipinski definition) is 2. The van der Waals surface area contributed by atoms with Crippen molar-refractivity contribution in [2.24, 2.45) is 0 Å². The van der Waals surface area contributed by atoms with Crippen LogP contribution in [-0.4, -0.2) is 6.61 Å². The summed E-state index contributed by atoms with van der Waals surface area (Å²) in [6, 6.07) is 2.20. The molecule has 72 valence electrons. The van der Waals surface area contributed by atoms with Gasteiger partial charge in [0.1, 0.15) is 5.82 Å². The van der Waals surface area contributed by atoms with Crippen molar-refractivity contribution in [1.82, 2.24) is 0 Å². The molecule has 0 amide bonds. The van der Waals surface area contributed by atoms with Crippen LogP contribution in [0.4, 0.5) is 18.9 Å². The Balaban J connectivity index is 3.10. The minimum atomic E-state index is -3.03. The Hall–Kier alpha value is -0.910. The maximum Gasteiger partial charge on any atom is 0.387 e. The van der Waals surface area contributed by atoms with Crippen LogP contribution in [-0.2, 0) is 0 Å². The van der Waals surface area contributed by atoms with Crippen LogP contribution in [0.25, 0.3) is 0 Å². The first-order valence-corrected chi connectivity index (χ1v) is 4.00. The first-order valence-electron chi connectivity index (χ1n) is 3.20. The van der Waals surface area contributed by atoms with E-state index in [1.807, 2.05) is 0 Å². The lowest BCUT2D eigenvalue weighted by Gasteiger charge is -2.09. The van der Waals surface area contributed by atoms with E-state index in [2.05, 4.69) is 20.7 Å². The highest BCUT2D eigenvalue weighted by molar-refractivity contribution is 9.10. The van der Waals surface area contributed by atoms with Gasteiger partial charge in [0.15, 0.2) is 5.75 Å². The van der Waals surface area contributed by atoms with Gasteiger partial charge in [0, 0.05) is 0 Å². The quantitative estimate of drug-likeness (QED) is 0.825. The van der Waals surface area contributed by atoms with E-state index >= 15 is 0 Å². The first-order chi connectivity index (χ1) is 6.02. The van der Waals surface area contributed by atoms with E-state index in [0.717, 1.165) is 12.1 Å². The number of hydrogen-bond donors (Lipinski definition) is 1. The molecule has 2 N–H and O–H groups in total. The molecule has 0 aliphatic heterocycles. The minimum Gasteiger partial charge on any atom is -0.431 e. The van der Waals surface area contributed by atoms with Crippen LogP contribution in [0.1, 0.15) is 0 Å². The molecule has 6 heteroatoms. The van der Waals surface area contributed by atoms with Crippen molar-refractivity contribution in [3.05, 3.63) is 22.4 Å². The van der Waals surface area contributed by atoms with Crippen molar-refractivity contribution in [1.29, 1.82) is 0 Å². The number of anilines is 1. The summed E-state index contributed by atoms with van der Waals surface area (Å²) in [6.07, 6.45) is 0. The summed E-state index contributed by atoms with van der Waals surface area (Å²) >= 11 is 2.75. The molecule has 0 atom stereocenters. The third-order valence-electron chi connectivity index (χ3n) is 1.29. The summed E-state index contributed by atoms with van der Waals surface area (Å²) in [4.78, 5) is 0. The molecule has 0 spiro atoms. The van der Waals surface area contributed by atoms with Gasteiger partial charge < -0.3 is 10.5 Å². The standard InChI is InChI=1S/C7H5BrF3NO/c8-5-3(9)1-2-4(12)6(5)13-7(10)11/h1-2,7H,12H2. The predicted octanol–water partition coefficient (Wildman–Crippen LogP) is 2.77. The average molecular weight is 256 g/mol. The number of rotatable bonds is 2. The van der Waals surface area contributed by atoms with Crippen LogP contribution in [0.3, 0.4) is 0 Å². The van der Waals surface area contributed by atoms with Crippen molar-refractivity contribution >= 4 is 21.6 Å². The normalized spacial score (nSPS) is 10.5. The number of nitrogen functional groups attached to an aromatic ring is 1. The second kappa shape index (κ2) is 3.87. The van der Waals surface area contributed by atoms with Gasteiger partial charge in [-0.05, 0) is 28.1 Å². The van der Waals surface area contributed by atoms with E-state index in [4.69, 9.17) is 5.73 Å². The molecule has 0 saturated carbocycles. The number of alkyl halides is 2. The van der Waals surface area contributed by atoms with Gasteiger partial charge >= 0.3 is 6.61 Å². The maximum absolute atomic E-state index is 12.8. The number of ether oxygens (including phenoxy) is 1. The Labute approximate surface area is 80.6 Å². The lowest BCUT2D eigenvalue weighted by Crippen LogP contribution is -2.05. The van der Waals surface area contributed by atoms with Gasteiger partial charge in [0.2, 0.25) is 0 Å². The van der Waals surface area contributed by atoms with Gasteiger partial charge in [-0.1, -0.05) is 0 Å². The van der Waals surface area contributed by atoms with E-state index in [-0.39, 0.29) is 15.9 Å². The maximum atomic E-state index is 12.8. The fraction of sp³-hybridized carbons (Fsp3) is 0.143. The fourth-order valence-corrected chi connectivity index (χ4v) is 1.21. The van der Waals surface area contributed by atoms with E-state index in [1.165, 1.54) is 0 Å². The van der Waals surface area contributed by atoms with Crippen molar-refractivity contribution in [3.8, 4) is 5.75 Å². The molecule has 13 heavy (non-hydrogen) atoms. The molecule has 0 heterocycles. The van der Waals surface area contributed by atoms with Crippen LogP contribution in [0.5, 0.6) is 5.75 Å². The Kier molecular flexibility index (Phi) is 3.02. The molecule has 0 aromatic heterocycles. The molecule has 0 radical (unpaired) electrons. The smallest absolute Gasteiger partial charge is 0.387 e. The van der Waals surface area contributed by atoms with Crippen molar-refractivity contribution in [2.45, 2.75) is 6.61 Å². The zero-order valence-electron chi connectivity index (χ0n) is 6.23. The predicted molar refractivity (Wildman–Crippen MR) is 45.1 cm³/mol. The minimum absolute atomic E-state index is 0.0476. The third kappa shape index (κ3) is 2.27. The SMILES string of the molecule is Nc1ccc(F)c(Br)c1OC(F)F. The summed E-state index contributed by atoms with van der Waals surface area (Å²) in [5.41, 5.74) is 5.24. The summed E-state index contributed by atoms with van der Waals surface area (Å²) in [5, 5.41) is 0. The van der Waals surface area contributed by atoms with Gasteiger partial charge in [0.25, 0.3) is 0 Å². The van der Waals surface area contributed by atoms with Gasteiger partial charge in [-0.15, -0.1) is 0 Å². The monoisotopic (exact) mass is 255 g/mol. The van der Waals surface area contributed by atoms with Gasteiger partial charge in [0.05, 0.1) is 10.2 Å². The van der Waals surface area contributed by atoms with Crippen molar-refractivity contribution < 1.29 is 17.9 Å². The molecule has 0 bridgehead atoms. The van der Waals surface area contributed by atoms with Crippen LogP contribution >= 0.6 is 15.9 Å². The topological polar surface area (TPSA) is 35.2 Å². The zero-order chi connectivity index (χ0) is 10.0. The summed E-state index contributed by atoms with van der Waals surface area (Å²) in [6.45, 7) is -3.03. The van der Waals surface area contributed by atoms with Gasteiger partial charge in [-0.2, -0.15) is 8.78 Å². The lowest BCUT2D eigenvalue weighted by molar-refractivity contribution is -0.0500. The number of nitrogens with two attached hydrogens (primary N) is 1. The largest absolute Gasteiger partial charge is 0.431 e. The molecule has 2 nitrogen and oxygen atoms in total. The van der Waals surface area contributed by atoms with Crippen LogP contribution < -0.4 is 10.5 Å². The van der Waals surface area contributed by atoms with E-state index in [1.54, 1.807) is 0 Å². The fourth-order valence-electron chi connectivity index (χ4n) is 0.756. The molecule has 0 aliphatic rings. The van der Waals surface area contributed by atoms with Crippen molar-refractivity contribution in [2.75, 3.05) is 5.73 Å². The molecular formula is C7H5BrF3NO. The Morgan fingerprint density at radius 3 is 2.54 bits per heavy atom. The first kappa shape index (κ1) is 10.2. The molecule has 0 unspecified atom stereocenters. The summed E-state index contributed by atoms with van der Waals surface area (Å²) in [5.74, 6) is -1.08. The molecule has 0 saturated heterocycles. The van der Waals surface area contributed by atoms with Crippen LogP contribution in [0, 0.1) is 5.82 Å².